The van der Waals surface area contributed by atoms with Gasteiger partial charge in [-0.1, -0.05) is 30.3 Å². The van der Waals surface area contributed by atoms with E-state index < -0.39 is 18.0 Å². The van der Waals surface area contributed by atoms with Crippen LogP contribution in [0, 0.1) is 0 Å². The molecule has 0 aromatic heterocycles. The van der Waals surface area contributed by atoms with Crippen molar-refractivity contribution in [1.29, 1.82) is 0 Å². The molecular weight excluding hydrogens is 272 g/mol. The number of nitrogens with one attached hydrogen (secondary N) is 2. The Morgan fingerprint density at radius 1 is 1.29 bits per heavy atom. The molecule has 1 unspecified atom stereocenters. The van der Waals surface area contributed by atoms with Crippen molar-refractivity contribution in [3.05, 3.63) is 35.9 Å². The van der Waals surface area contributed by atoms with Crippen molar-refractivity contribution in [2.75, 3.05) is 20.3 Å². The number of hydrogen-bond acceptors (Lipinski definition) is 3. The number of ether oxygens (including phenoxy) is 1. The Bertz CT molecular complexity index is 437. The van der Waals surface area contributed by atoms with Gasteiger partial charge in [-0.15, -0.1) is 0 Å². The molecule has 0 heterocycles. The van der Waals surface area contributed by atoms with E-state index >= 15 is 0 Å². The number of urea groups is 1. The third-order valence-electron chi connectivity index (χ3n) is 2.98. The average molecular weight is 294 g/mol. The van der Waals surface area contributed by atoms with Crippen LogP contribution in [0.1, 0.15) is 18.4 Å². The van der Waals surface area contributed by atoms with E-state index in [4.69, 9.17) is 9.84 Å². The minimum atomic E-state index is -1.06. The van der Waals surface area contributed by atoms with E-state index in [0.29, 0.717) is 6.54 Å². The maximum Gasteiger partial charge on any atom is 0.326 e. The van der Waals surface area contributed by atoms with Gasteiger partial charge in [0.15, 0.2) is 0 Å². The summed E-state index contributed by atoms with van der Waals surface area (Å²) in [6.45, 7) is 0.780. The summed E-state index contributed by atoms with van der Waals surface area (Å²) >= 11 is 0. The zero-order valence-electron chi connectivity index (χ0n) is 12.2. The summed E-state index contributed by atoms with van der Waals surface area (Å²) in [6, 6.07) is 8.58. The standard InChI is InChI=1S/C15H22N2O4/c1-21-11-9-13(14(18)19)17-15(20)16-10-5-8-12-6-3-2-4-7-12/h2-4,6-7,13H,5,8-11H2,1H3,(H,18,19)(H2,16,17,20). The first-order chi connectivity index (χ1) is 10.1. The smallest absolute Gasteiger partial charge is 0.326 e. The van der Waals surface area contributed by atoms with E-state index in [2.05, 4.69) is 10.6 Å². The van der Waals surface area contributed by atoms with Gasteiger partial charge in [0, 0.05) is 26.7 Å². The largest absolute Gasteiger partial charge is 0.480 e. The molecule has 0 aliphatic rings. The Morgan fingerprint density at radius 3 is 2.62 bits per heavy atom. The summed E-state index contributed by atoms with van der Waals surface area (Å²) in [5.41, 5.74) is 1.21. The van der Waals surface area contributed by atoms with Gasteiger partial charge in [0.1, 0.15) is 6.04 Å². The molecule has 0 radical (unpaired) electrons. The number of aliphatic carboxylic acids is 1. The third-order valence-corrected chi connectivity index (χ3v) is 2.98. The molecule has 6 heteroatoms. The molecule has 1 atom stereocenters. The molecule has 0 fully saturated rings. The molecule has 0 aliphatic heterocycles. The Morgan fingerprint density at radius 2 is 2.00 bits per heavy atom. The molecule has 1 rings (SSSR count). The first-order valence-electron chi connectivity index (χ1n) is 6.93. The summed E-state index contributed by atoms with van der Waals surface area (Å²) in [4.78, 5) is 22.6. The highest BCUT2D eigenvalue weighted by Crippen LogP contribution is 2.01. The van der Waals surface area contributed by atoms with E-state index in [1.165, 1.54) is 12.7 Å². The molecule has 0 aliphatic carbocycles. The number of carboxylic acids is 1. The number of methoxy groups -OCH3 is 1. The van der Waals surface area contributed by atoms with Gasteiger partial charge >= 0.3 is 12.0 Å². The summed E-state index contributed by atoms with van der Waals surface area (Å²) in [5, 5.41) is 14.1. The van der Waals surface area contributed by atoms with Gasteiger partial charge in [0.2, 0.25) is 0 Å². The van der Waals surface area contributed by atoms with Gasteiger partial charge in [0.05, 0.1) is 0 Å². The summed E-state index contributed by atoms with van der Waals surface area (Å²) < 4.78 is 4.82. The first kappa shape index (κ1) is 17.0. The highest BCUT2D eigenvalue weighted by Gasteiger charge is 2.18. The third kappa shape index (κ3) is 7.31. The molecule has 0 spiro atoms. The van der Waals surface area contributed by atoms with Crippen LogP contribution >= 0.6 is 0 Å². The molecule has 1 aromatic carbocycles. The van der Waals surface area contributed by atoms with E-state index in [9.17, 15) is 9.59 Å². The van der Waals surface area contributed by atoms with Crippen LogP contribution < -0.4 is 10.6 Å². The van der Waals surface area contributed by atoms with Crippen molar-refractivity contribution in [3.8, 4) is 0 Å². The van der Waals surface area contributed by atoms with E-state index in [0.717, 1.165) is 12.8 Å². The summed E-state index contributed by atoms with van der Waals surface area (Å²) in [7, 11) is 1.49. The Kier molecular flexibility index (Phi) is 7.89. The van der Waals surface area contributed by atoms with E-state index in [1.54, 1.807) is 0 Å². The van der Waals surface area contributed by atoms with Crippen LogP contribution in [-0.2, 0) is 16.0 Å². The SMILES string of the molecule is COCCC(NC(=O)NCCCc1ccccc1)C(=O)O. The number of hydrogen-bond donors (Lipinski definition) is 3. The number of carbonyl (C=O) groups excluding carboxylic acids is 1. The molecular formula is C15H22N2O4. The zero-order valence-corrected chi connectivity index (χ0v) is 12.2. The second-order valence-electron chi connectivity index (χ2n) is 4.66. The zero-order chi connectivity index (χ0) is 15.5. The lowest BCUT2D eigenvalue weighted by Gasteiger charge is -2.14. The fourth-order valence-corrected chi connectivity index (χ4v) is 1.84. The minimum absolute atomic E-state index is 0.239. The number of amides is 2. The molecule has 6 nitrogen and oxygen atoms in total. The Labute approximate surface area is 124 Å². The van der Waals surface area contributed by atoms with Crippen molar-refractivity contribution in [1.82, 2.24) is 10.6 Å². The van der Waals surface area contributed by atoms with Crippen molar-refractivity contribution >= 4 is 12.0 Å². The van der Waals surface area contributed by atoms with Crippen LogP contribution in [-0.4, -0.2) is 43.4 Å². The summed E-state index contributed by atoms with van der Waals surface area (Å²) in [6.07, 6.45) is 1.91. The van der Waals surface area contributed by atoms with Crippen molar-refractivity contribution in [3.63, 3.8) is 0 Å². The molecule has 2 amide bonds. The molecule has 116 valence electrons. The molecule has 21 heavy (non-hydrogen) atoms. The second-order valence-corrected chi connectivity index (χ2v) is 4.66. The fourth-order valence-electron chi connectivity index (χ4n) is 1.84. The van der Waals surface area contributed by atoms with Crippen molar-refractivity contribution in [2.45, 2.75) is 25.3 Å². The van der Waals surface area contributed by atoms with Crippen LogP contribution in [0.4, 0.5) is 4.79 Å². The second kappa shape index (κ2) is 9.77. The van der Waals surface area contributed by atoms with Crippen LogP contribution in [0.15, 0.2) is 30.3 Å². The minimum Gasteiger partial charge on any atom is -0.480 e. The summed E-state index contributed by atoms with van der Waals surface area (Å²) in [5.74, 6) is -1.06. The molecule has 0 saturated heterocycles. The number of carboxylic acid groups (broad SMARTS) is 1. The van der Waals surface area contributed by atoms with Crippen LogP contribution in [0.3, 0.4) is 0 Å². The molecule has 3 N–H and O–H groups in total. The lowest BCUT2D eigenvalue weighted by atomic mass is 10.1. The fraction of sp³-hybridized carbons (Fsp3) is 0.467. The molecule has 0 saturated carbocycles. The maximum atomic E-state index is 11.6. The molecule has 0 bridgehead atoms. The van der Waals surface area contributed by atoms with Gasteiger partial charge < -0.3 is 20.5 Å². The number of aryl methyl sites for hydroxylation is 1. The van der Waals surface area contributed by atoms with E-state index in [-0.39, 0.29) is 13.0 Å². The van der Waals surface area contributed by atoms with Crippen LogP contribution in [0.25, 0.3) is 0 Å². The van der Waals surface area contributed by atoms with Crippen molar-refractivity contribution < 1.29 is 19.4 Å². The number of carbonyl (C=O) groups is 2. The topological polar surface area (TPSA) is 87.7 Å². The molecule has 1 aromatic rings. The Balaban J connectivity index is 2.21. The maximum absolute atomic E-state index is 11.6. The van der Waals surface area contributed by atoms with Crippen LogP contribution in [0.5, 0.6) is 0 Å². The number of rotatable bonds is 9. The van der Waals surface area contributed by atoms with Crippen LogP contribution in [0.2, 0.25) is 0 Å². The lowest BCUT2D eigenvalue weighted by Crippen LogP contribution is -2.46. The van der Waals surface area contributed by atoms with Gasteiger partial charge in [-0.25, -0.2) is 9.59 Å². The average Bonchev–Trinajstić information content (AvgIpc) is 2.48. The highest BCUT2D eigenvalue weighted by molar-refractivity contribution is 5.82. The van der Waals surface area contributed by atoms with Gasteiger partial charge in [-0.2, -0.15) is 0 Å². The number of benzene rings is 1. The predicted octanol–water partition coefficient (Wildman–Crippen LogP) is 1.41. The lowest BCUT2D eigenvalue weighted by molar-refractivity contribution is -0.139. The van der Waals surface area contributed by atoms with Gasteiger partial charge in [-0.3, -0.25) is 0 Å². The van der Waals surface area contributed by atoms with E-state index in [1.807, 2.05) is 30.3 Å². The normalized spacial score (nSPS) is 11.7. The quantitative estimate of drug-likeness (QED) is 0.601. The Hall–Kier alpha value is -2.08. The van der Waals surface area contributed by atoms with Crippen molar-refractivity contribution in [2.24, 2.45) is 0 Å². The highest BCUT2D eigenvalue weighted by atomic mass is 16.5. The predicted molar refractivity (Wildman–Crippen MR) is 79.2 cm³/mol. The monoisotopic (exact) mass is 294 g/mol. The first-order valence-corrected chi connectivity index (χ1v) is 6.93. The van der Waals surface area contributed by atoms with Gasteiger partial charge in [0.25, 0.3) is 0 Å². The van der Waals surface area contributed by atoms with Gasteiger partial charge in [-0.05, 0) is 18.4 Å².